The molecule has 0 saturated heterocycles. The molecule has 2 atom stereocenters. The largest absolute Gasteiger partial charge is 0.416 e. The third-order valence-corrected chi connectivity index (χ3v) is 2.34. The Kier molecular flexibility index (Phi) is 3.54. The Morgan fingerprint density at radius 1 is 1.31 bits per heavy atom. The van der Waals surface area contributed by atoms with Crippen LogP contribution in [-0.2, 0) is 0 Å². The van der Waals surface area contributed by atoms with Gasteiger partial charge in [-0.25, -0.2) is 4.39 Å². The smallest absolute Gasteiger partial charge is 0.382 e. The number of halogens is 4. The maximum Gasteiger partial charge on any atom is 0.416 e. The fourth-order valence-electron chi connectivity index (χ4n) is 1.36. The van der Waals surface area contributed by atoms with Crippen molar-refractivity contribution in [3.63, 3.8) is 0 Å². The van der Waals surface area contributed by atoms with Crippen molar-refractivity contribution in [2.24, 2.45) is 5.73 Å². The van der Waals surface area contributed by atoms with E-state index in [0.717, 1.165) is 6.07 Å². The summed E-state index contributed by atoms with van der Waals surface area (Å²) in [5.41, 5.74) is 5.22. The minimum atomic E-state index is -4.82. The molecule has 0 heterocycles. The van der Waals surface area contributed by atoms with Gasteiger partial charge in [0.05, 0.1) is 6.04 Å². The Morgan fingerprint density at radius 2 is 1.88 bits per heavy atom. The molecule has 16 heavy (non-hydrogen) atoms. The zero-order valence-corrected chi connectivity index (χ0v) is 8.42. The van der Waals surface area contributed by atoms with E-state index >= 15 is 0 Å². The topological polar surface area (TPSA) is 46.2 Å². The molecule has 1 aromatic carbocycles. The molecule has 0 spiro atoms. The summed E-state index contributed by atoms with van der Waals surface area (Å²) in [5.74, 6) is -0.651. The highest BCUT2D eigenvalue weighted by molar-refractivity contribution is 5.30. The van der Waals surface area contributed by atoms with Crippen LogP contribution in [0.5, 0.6) is 0 Å². The molecule has 0 radical (unpaired) electrons. The molecule has 0 saturated carbocycles. The second kappa shape index (κ2) is 4.39. The van der Waals surface area contributed by atoms with Gasteiger partial charge in [0.2, 0.25) is 0 Å². The fourth-order valence-corrected chi connectivity index (χ4v) is 1.36. The molecule has 90 valence electrons. The van der Waals surface area contributed by atoms with E-state index in [-0.39, 0.29) is 11.1 Å². The number of hydrogen-bond acceptors (Lipinski definition) is 2. The van der Waals surface area contributed by atoms with Gasteiger partial charge in [-0.3, -0.25) is 0 Å². The van der Waals surface area contributed by atoms with Gasteiger partial charge < -0.3 is 10.8 Å². The molecule has 3 N–H and O–H groups in total. The summed E-state index contributed by atoms with van der Waals surface area (Å²) in [7, 11) is 0. The number of rotatable bonds is 2. The first kappa shape index (κ1) is 12.9. The molecule has 1 aromatic rings. The highest BCUT2D eigenvalue weighted by Gasteiger charge is 2.43. The van der Waals surface area contributed by atoms with E-state index in [2.05, 4.69) is 0 Å². The van der Waals surface area contributed by atoms with Crippen LogP contribution in [-0.4, -0.2) is 17.4 Å². The van der Waals surface area contributed by atoms with Crippen LogP contribution in [0, 0.1) is 12.7 Å². The normalized spacial score (nSPS) is 15.9. The van der Waals surface area contributed by atoms with E-state index in [1.54, 1.807) is 0 Å². The molecule has 0 aliphatic heterocycles. The van der Waals surface area contributed by atoms with Crippen LogP contribution in [0.1, 0.15) is 17.2 Å². The molecule has 0 unspecified atom stereocenters. The third-order valence-electron chi connectivity index (χ3n) is 2.34. The minimum Gasteiger partial charge on any atom is -0.382 e. The fraction of sp³-hybridized carbons (Fsp3) is 0.400. The lowest BCUT2D eigenvalue weighted by Crippen LogP contribution is -2.39. The van der Waals surface area contributed by atoms with Gasteiger partial charge in [0.1, 0.15) is 5.82 Å². The highest BCUT2D eigenvalue weighted by atomic mass is 19.4. The number of aliphatic hydroxyl groups excluding tert-OH is 1. The molecule has 1 rings (SSSR count). The Hall–Kier alpha value is -1.14. The Balaban J connectivity index is 3.06. The van der Waals surface area contributed by atoms with Gasteiger partial charge in [-0.15, -0.1) is 0 Å². The standard InChI is InChI=1S/C10H11F4NO/c1-5-6(3-2-4-7(5)11)8(15)9(16)10(12,13)14/h2-4,8-9,16H,15H2,1H3/t8-,9-/m0/s1. The Labute approximate surface area is 89.7 Å². The van der Waals surface area contributed by atoms with Crippen LogP contribution in [0.4, 0.5) is 17.6 Å². The molecule has 0 bridgehead atoms. The van der Waals surface area contributed by atoms with Crippen molar-refractivity contribution in [3.05, 3.63) is 35.1 Å². The quantitative estimate of drug-likeness (QED) is 0.773. The maximum absolute atomic E-state index is 13.1. The summed E-state index contributed by atoms with van der Waals surface area (Å²) in [4.78, 5) is 0. The Bertz CT molecular complexity index is 378. The van der Waals surface area contributed by atoms with Gasteiger partial charge in [0, 0.05) is 0 Å². The SMILES string of the molecule is Cc1c(F)cccc1[C@H](N)[C@H](O)C(F)(F)F. The van der Waals surface area contributed by atoms with Crippen LogP contribution in [0.2, 0.25) is 0 Å². The Morgan fingerprint density at radius 3 is 2.38 bits per heavy atom. The van der Waals surface area contributed by atoms with E-state index in [1.165, 1.54) is 19.1 Å². The van der Waals surface area contributed by atoms with Crippen molar-refractivity contribution in [3.8, 4) is 0 Å². The second-order valence-electron chi connectivity index (χ2n) is 3.47. The second-order valence-corrected chi connectivity index (χ2v) is 3.47. The zero-order chi connectivity index (χ0) is 12.5. The van der Waals surface area contributed by atoms with Crippen molar-refractivity contribution in [2.75, 3.05) is 0 Å². The van der Waals surface area contributed by atoms with Crippen LogP contribution in [0.3, 0.4) is 0 Å². The van der Waals surface area contributed by atoms with Crippen molar-refractivity contribution in [1.82, 2.24) is 0 Å². The minimum absolute atomic E-state index is 0.0123. The average Bonchev–Trinajstić information content (AvgIpc) is 2.18. The van der Waals surface area contributed by atoms with E-state index in [9.17, 15) is 17.6 Å². The number of alkyl halides is 3. The first-order valence-corrected chi connectivity index (χ1v) is 4.50. The predicted octanol–water partition coefficient (Wildman–Crippen LogP) is 2.06. The summed E-state index contributed by atoms with van der Waals surface area (Å²) in [5, 5.41) is 8.95. The van der Waals surface area contributed by atoms with Gasteiger partial charge in [0.15, 0.2) is 6.10 Å². The lowest BCUT2D eigenvalue weighted by molar-refractivity contribution is -0.210. The predicted molar refractivity (Wildman–Crippen MR) is 50.1 cm³/mol. The first-order valence-electron chi connectivity index (χ1n) is 4.50. The molecule has 0 amide bonds. The lowest BCUT2D eigenvalue weighted by Gasteiger charge is -2.23. The molecule has 0 aliphatic carbocycles. The number of benzene rings is 1. The van der Waals surface area contributed by atoms with Crippen LogP contribution in [0.15, 0.2) is 18.2 Å². The van der Waals surface area contributed by atoms with Gasteiger partial charge in [-0.2, -0.15) is 13.2 Å². The summed E-state index contributed by atoms with van der Waals surface area (Å²) < 4.78 is 49.7. The first-order chi connectivity index (χ1) is 7.25. The van der Waals surface area contributed by atoms with Crippen molar-refractivity contribution >= 4 is 0 Å². The summed E-state index contributed by atoms with van der Waals surface area (Å²) in [6.07, 6.45) is -7.52. The molecule has 2 nitrogen and oxygen atoms in total. The van der Waals surface area contributed by atoms with E-state index in [4.69, 9.17) is 10.8 Å². The summed E-state index contributed by atoms with van der Waals surface area (Å²) >= 11 is 0. The van der Waals surface area contributed by atoms with Crippen molar-refractivity contribution in [2.45, 2.75) is 25.2 Å². The average molecular weight is 237 g/mol. The number of hydrogen-bond donors (Lipinski definition) is 2. The molecule has 0 aromatic heterocycles. The zero-order valence-electron chi connectivity index (χ0n) is 8.42. The monoisotopic (exact) mass is 237 g/mol. The molecular weight excluding hydrogens is 226 g/mol. The van der Waals surface area contributed by atoms with Gasteiger partial charge in [-0.05, 0) is 24.1 Å². The van der Waals surface area contributed by atoms with E-state index < -0.39 is 24.1 Å². The van der Waals surface area contributed by atoms with Gasteiger partial charge >= 0.3 is 6.18 Å². The van der Waals surface area contributed by atoms with Crippen LogP contribution < -0.4 is 5.73 Å². The molecule has 0 aliphatic rings. The molecule has 6 heteroatoms. The highest BCUT2D eigenvalue weighted by Crippen LogP contribution is 2.30. The lowest BCUT2D eigenvalue weighted by atomic mass is 9.97. The summed E-state index contributed by atoms with van der Waals surface area (Å²) in [6.45, 7) is 1.31. The number of nitrogens with two attached hydrogens (primary N) is 1. The van der Waals surface area contributed by atoms with Crippen molar-refractivity contribution < 1.29 is 22.7 Å². The summed E-state index contributed by atoms with van der Waals surface area (Å²) in [6, 6.07) is 1.94. The van der Waals surface area contributed by atoms with Crippen LogP contribution in [0.25, 0.3) is 0 Å². The van der Waals surface area contributed by atoms with Crippen LogP contribution >= 0.6 is 0 Å². The van der Waals surface area contributed by atoms with E-state index in [0.29, 0.717) is 0 Å². The van der Waals surface area contributed by atoms with Gasteiger partial charge in [-0.1, -0.05) is 12.1 Å². The molecule has 0 fully saturated rings. The maximum atomic E-state index is 13.1. The van der Waals surface area contributed by atoms with Gasteiger partial charge in [0.25, 0.3) is 0 Å². The molecular formula is C10H11F4NO. The van der Waals surface area contributed by atoms with Crippen molar-refractivity contribution in [1.29, 1.82) is 0 Å². The number of aliphatic hydroxyl groups is 1. The third kappa shape index (κ3) is 2.51. The van der Waals surface area contributed by atoms with E-state index in [1.807, 2.05) is 0 Å².